The van der Waals surface area contributed by atoms with Crippen LogP contribution >= 0.6 is 11.6 Å². The summed E-state index contributed by atoms with van der Waals surface area (Å²) in [4.78, 5) is 0. The maximum atomic E-state index is 6.34. The van der Waals surface area contributed by atoms with Crippen LogP contribution in [0.5, 0.6) is 11.5 Å². The molecule has 0 radical (unpaired) electrons. The Labute approximate surface area is 128 Å². The van der Waals surface area contributed by atoms with E-state index in [0.717, 1.165) is 27.6 Å². The van der Waals surface area contributed by atoms with Gasteiger partial charge in [0.2, 0.25) is 0 Å². The van der Waals surface area contributed by atoms with Gasteiger partial charge in [0, 0.05) is 5.39 Å². The van der Waals surface area contributed by atoms with E-state index < -0.39 is 0 Å². The van der Waals surface area contributed by atoms with Crippen molar-refractivity contribution in [2.24, 2.45) is 0 Å². The average molecular weight is 299 g/mol. The van der Waals surface area contributed by atoms with Gasteiger partial charge in [0.15, 0.2) is 0 Å². The van der Waals surface area contributed by atoms with Gasteiger partial charge in [-0.15, -0.1) is 0 Å². The SMILES string of the molecule is COc1ccc(-c2ccc3c(Cl)c(OC)ccc3c2)cc1. The van der Waals surface area contributed by atoms with Crippen molar-refractivity contribution >= 4 is 22.4 Å². The number of benzene rings is 3. The lowest BCUT2D eigenvalue weighted by Gasteiger charge is -2.09. The van der Waals surface area contributed by atoms with E-state index in [2.05, 4.69) is 12.1 Å². The lowest BCUT2D eigenvalue weighted by molar-refractivity contribution is 0.415. The summed E-state index contributed by atoms with van der Waals surface area (Å²) >= 11 is 6.34. The molecule has 3 aromatic carbocycles. The summed E-state index contributed by atoms with van der Waals surface area (Å²) in [6.45, 7) is 0. The molecule has 0 aliphatic rings. The highest BCUT2D eigenvalue weighted by Gasteiger charge is 2.07. The van der Waals surface area contributed by atoms with E-state index in [4.69, 9.17) is 21.1 Å². The number of ether oxygens (including phenoxy) is 2. The van der Waals surface area contributed by atoms with E-state index in [-0.39, 0.29) is 0 Å². The monoisotopic (exact) mass is 298 g/mol. The van der Waals surface area contributed by atoms with E-state index >= 15 is 0 Å². The molecule has 0 fully saturated rings. The summed E-state index contributed by atoms with van der Waals surface area (Å²) in [6, 6.07) is 18.1. The van der Waals surface area contributed by atoms with Crippen LogP contribution in [-0.4, -0.2) is 14.2 Å². The molecular weight excluding hydrogens is 284 g/mol. The van der Waals surface area contributed by atoms with Gasteiger partial charge in [-0.3, -0.25) is 0 Å². The second-order valence-corrected chi connectivity index (χ2v) is 5.12. The standard InChI is InChI=1S/C18H15ClO2/c1-20-15-7-3-12(4-8-15)13-5-9-16-14(11-13)6-10-17(21-2)18(16)19/h3-11H,1-2H3. The van der Waals surface area contributed by atoms with E-state index in [9.17, 15) is 0 Å². The molecule has 0 aliphatic heterocycles. The molecule has 0 heterocycles. The molecule has 3 aromatic rings. The van der Waals surface area contributed by atoms with Crippen LogP contribution in [0.2, 0.25) is 5.02 Å². The van der Waals surface area contributed by atoms with Crippen LogP contribution in [0.25, 0.3) is 21.9 Å². The van der Waals surface area contributed by atoms with Crippen LogP contribution in [0.3, 0.4) is 0 Å². The van der Waals surface area contributed by atoms with Gasteiger partial charge in [0.25, 0.3) is 0 Å². The lowest BCUT2D eigenvalue weighted by atomic mass is 10.0. The Morgan fingerprint density at radius 1 is 0.762 bits per heavy atom. The smallest absolute Gasteiger partial charge is 0.138 e. The van der Waals surface area contributed by atoms with E-state index in [0.29, 0.717) is 10.8 Å². The number of fused-ring (bicyclic) bond motifs is 1. The average Bonchev–Trinajstić information content (AvgIpc) is 2.55. The largest absolute Gasteiger partial charge is 0.497 e. The first-order chi connectivity index (χ1) is 10.2. The van der Waals surface area contributed by atoms with E-state index in [1.165, 1.54) is 0 Å². The number of rotatable bonds is 3. The Kier molecular flexibility index (Phi) is 3.72. The predicted molar refractivity (Wildman–Crippen MR) is 87.5 cm³/mol. The Balaban J connectivity index is 2.08. The fraction of sp³-hybridized carbons (Fsp3) is 0.111. The Morgan fingerprint density at radius 2 is 1.48 bits per heavy atom. The number of methoxy groups -OCH3 is 2. The fourth-order valence-electron chi connectivity index (χ4n) is 2.39. The summed E-state index contributed by atoms with van der Waals surface area (Å²) < 4.78 is 10.4. The molecule has 0 atom stereocenters. The molecule has 3 heteroatoms. The van der Waals surface area contributed by atoms with Gasteiger partial charge in [-0.05, 0) is 40.8 Å². The zero-order valence-electron chi connectivity index (χ0n) is 11.9. The Hall–Kier alpha value is -2.19. The van der Waals surface area contributed by atoms with Crippen molar-refractivity contribution in [1.29, 1.82) is 0 Å². The van der Waals surface area contributed by atoms with Gasteiger partial charge in [-0.25, -0.2) is 0 Å². The third kappa shape index (κ3) is 2.55. The van der Waals surface area contributed by atoms with Crippen LogP contribution in [0.4, 0.5) is 0 Å². The van der Waals surface area contributed by atoms with Crippen molar-refractivity contribution in [3.8, 4) is 22.6 Å². The molecule has 0 amide bonds. The van der Waals surface area contributed by atoms with Crippen molar-refractivity contribution in [3.63, 3.8) is 0 Å². The third-order valence-corrected chi connectivity index (χ3v) is 3.95. The molecule has 3 rings (SSSR count). The van der Waals surface area contributed by atoms with E-state index in [1.807, 2.05) is 42.5 Å². The van der Waals surface area contributed by atoms with E-state index in [1.54, 1.807) is 14.2 Å². The first-order valence-electron chi connectivity index (χ1n) is 6.63. The molecular formula is C18H15ClO2. The summed E-state index contributed by atoms with van der Waals surface area (Å²) in [7, 11) is 3.29. The van der Waals surface area contributed by atoms with Gasteiger partial charge < -0.3 is 9.47 Å². The maximum Gasteiger partial charge on any atom is 0.138 e. The third-order valence-electron chi connectivity index (χ3n) is 3.56. The van der Waals surface area contributed by atoms with Crippen LogP contribution in [-0.2, 0) is 0 Å². The molecule has 0 saturated heterocycles. The van der Waals surface area contributed by atoms with Crippen LogP contribution in [0, 0.1) is 0 Å². The highest BCUT2D eigenvalue weighted by atomic mass is 35.5. The Morgan fingerprint density at radius 3 is 2.14 bits per heavy atom. The predicted octanol–water partition coefficient (Wildman–Crippen LogP) is 5.18. The second kappa shape index (κ2) is 5.66. The van der Waals surface area contributed by atoms with Crippen molar-refractivity contribution < 1.29 is 9.47 Å². The van der Waals surface area contributed by atoms with Crippen LogP contribution in [0.1, 0.15) is 0 Å². The summed E-state index contributed by atoms with van der Waals surface area (Å²) in [5, 5.41) is 2.73. The van der Waals surface area contributed by atoms with Crippen molar-refractivity contribution in [2.75, 3.05) is 14.2 Å². The molecule has 0 N–H and O–H groups in total. The molecule has 0 saturated carbocycles. The second-order valence-electron chi connectivity index (χ2n) is 4.75. The van der Waals surface area contributed by atoms with Crippen molar-refractivity contribution in [3.05, 3.63) is 59.6 Å². The minimum atomic E-state index is 0.649. The summed E-state index contributed by atoms with van der Waals surface area (Å²) in [5.41, 5.74) is 2.29. The number of hydrogen-bond donors (Lipinski definition) is 0. The molecule has 0 bridgehead atoms. The first-order valence-corrected chi connectivity index (χ1v) is 7.01. The van der Waals surface area contributed by atoms with Crippen LogP contribution < -0.4 is 9.47 Å². The van der Waals surface area contributed by atoms with Crippen molar-refractivity contribution in [1.82, 2.24) is 0 Å². The summed E-state index contributed by atoms with van der Waals surface area (Å²) in [6.07, 6.45) is 0. The molecule has 0 aromatic heterocycles. The quantitative estimate of drug-likeness (QED) is 0.663. The van der Waals surface area contributed by atoms with Gasteiger partial charge >= 0.3 is 0 Å². The molecule has 0 unspecified atom stereocenters. The normalized spacial score (nSPS) is 10.6. The zero-order valence-corrected chi connectivity index (χ0v) is 12.6. The van der Waals surface area contributed by atoms with Gasteiger partial charge in [-0.2, -0.15) is 0 Å². The molecule has 106 valence electrons. The molecule has 21 heavy (non-hydrogen) atoms. The Bertz CT molecular complexity index is 779. The van der Waals surface area contributed by atoms with Gasteiger partial charge in [0.05, 0.1) is 19.2 Å². The zero-order chi connectivity index (χ0) is 14.8. The minimum Gasteiger partial charge on any atom is -0.497 e. The lowest BCUT2D eigenvalue weighted by Crippen LogP contribution is -1.86. The number of halogens is 1. The molecule has 0 spiro atoms. The highest BCUT2D eigenvalue weighted by molar-refractivity contribution is 6.37. The van der Waals surface area contributed by atoms with Crippen LogP contribution in [0.15, 0.2) is 54.6 Å². The maximum absolute atomic E-state index is 6.34. The fourth-order valence-corrected chi connectivity index (χ4v) is 2.70. The van der Waals surface area contributed by atoms with Crippen molar-refractivity contribution in [2.45, 2.75) is 0 Å². The topological polar surface area (TPSA) is 18.5 Å². The first kappa shape index (κ1) is 13.8. The van der Waals surface area contributed by atoms with Gasteiger partial charge in [0.1, 0.15) is 11.5 Å². The minimum absolute atomic E-state index is 0.649. The summed E-state index contributed by atoms with van der Waals surface area (Å²) in [5.74, 6) is 1.55. The highest BCUT2D eigenvalue weighted by Crippen LogP contribution is 2.35. The molecule has 2 nitrogen and oxygen atoms in total. The molecule has 0 aliphatic carbocycles. The van der Waals surface area contributed by atoms with Gasteiger partial charge in [-0.1, -0.05) is 41.9 Å². The number of hydrogen-bond acceptors (Lipinski definition) is 2.